The maximum absolute atomic E-state index is 14.4. The van der Waals surface area contributed by atoms with E-state index in [9.17, 15) is 37.1 Å². The van der Waals surface area contributed by atoms with Gasteiger partial charge in [-0.05, 0) is 36.4 Å². The number of nitrogens with zero attached hydrogens (tertiary/aromatic N) is 2. The summed E-state index contributed by atoms with van der Waals surface area (Å²) < 4.78 is 56.9. The number of carbonyl (C=O) groups is 2. The number of ether oxygens (including phenoxy) is 1. The molecule has 10 nitrogen and oxygen atoms in total. The molecule has 0 radical (unpaired) electrons. The Morgan fingerprint density at radius 1 is 1.10 bits per heavy atom. The van der Waals surface area contributed by atoms with Crippen molar-refractivity contribution in [3.05, 3.63) is 93.7 Å². The summed E-state index contributed by atoms with van der Waals surface area (Å²) in [4.78, 5) is 37.2. The number of anilines is 1. The maximum atomic E-state index is 14.4. The van der Waals surface area contributed by atoms with Gasteiger partial charge in [0, 0.05) is 55.4 Å². The van der Waals surface area contributed by atoms with Crippen LogP contribution < -0.4 is 20.5 Å². The third kappa shape index (κ3) is 8.86. The van der Waals surface area contributed by atoms with Crippen LogP contribution in [0.5, 0.6) is 5.75 Å². The third-order valence-corrected chi connectivity index (χ3v) is 6.06. The Hall–Kier alpha value is -4.27. The summed E-state index contributed by atoms with van der Waals surface area (Å²) in [6.45, 7) is -1.96. The molecule has 3 aromatic rings. The average molecular weight is 598 g/mol. The highest BCUT2D eigenvalue weighted by Gasteiger charge is 2.36. The van der Waals surface area contributed by atoms with Crippen LogP contribution in [0.25, 0.3) is 0 Å². The van der Waals surface area contributed by atoms with Gasteiger partial charge in [0.25, 0.3) is 11.5 Å². The fourth-order valence-electron chi connectivity index (χ4n) is 4.11. The van der Waals surface area contributed by atoms with E-state index in [1.54, 1.807) is 0 Å². The zero-order valence-corrected chi connectivity index (χ0v) is 22.8. The van der Waals surface area contributed by atoms with Crippen LogP contribution in [0.15, 0.2) is 59.5 Å². The molecular formula is C28H31F4N3O7. The van der Waals surface area contributed by atoms with Gasteiger partial charge in [-0.3, -0.25) is 14.4 Å². The number of halogens is 4. The number of methoxy groups -OCH3 is 1. The van der Waals surface area contributed by atoms with Crippen molar-refractivity contribution >= 4 is 17.5 Å². The summed E-state index contributed by atoms with van der Waals surface area (Å²) in [6.07, 6.45) is 0.150. The Labute approximate surface area is 238 Å². The van der Waals surface area contributed by atoms with E-state index in [4.69, 9.17) is 14.9 Å². The largest absolute Gasteiger partial charge is 0.497 e. The number of aliphatic hydroxyl groups excluding tert-OH is 3. The number of aromatic nitrogens is 1. The van der Waals surface area contributed by atoms with Crippen LogP contribution in [0.2, 0.25) is 0 Å². The molecule has 2 amide bonds. The molecule has 1 aliphatic heterocycles. The predicted octanol–water partition coefficient (Wildman–Crippen LogP) is 2.10. The first-order valence-corrected chi connectivity index (χ1v) is 12.5. The minimum absolute atomic E-state index is 0.0355. The molecule has 42 heavy (non-hydrogen) atoms. The zero-order valence-electron chi connectivity index (χ0n) is 22.8. The number of aliphatic hydroxyl groups is 3. The second-order valence-corrected chi connectivity index (χ2v) is 8.80. The minimum atomic E-state index is -1.25. The Kier molecular flexibility index (Phi) is 13.1. The summed E-state index contributed by atoms with van der Waals surface area (Å²) in [6, 6.07) is 10.5. The van der Waals surface area contributed by atoms with Crippen molar-refractivity contribution in [2.45, 2.75) is 25.0 Å². The summed E-state index contributed by atoms with van der Waals surface area (Å²) in [5.41, 5.74) is -0.244. The second kappa shape index (κ2) is 16.2. The molecule has 0 saturated carbocycles. The molecule has 4 N–H and O–H groups in total. The first kappa shape index (κ1) is 33.9. The molecule has 2 atom stereocenters. The van der Waals surface area contributed by atoms with Gasteiger partial charge in [0.05, 0.1) is 26.4 Å². The second-order valence-electron chi connectivity index (χ2n) is 8.80. The molecule has 2 aromatic carbocycles. The van der Waals surface area contributed by atoms with Gasteiger partial charge in [-0.15, -0.1) is 0 Å². The van der Waals surface area contributed by atoms with E-state index < -0.39 is 48.6 Å². The number of rotatable bonds is 7. The Morgan fingerprint density at radius 2 is 1.69 bits per heavy atom. The highest BCUT2D eigenvalue weighted by Crippen LogP contribution is 2.35. The lowest BCUT2D eigenvalue weighted by atomic mass is 9.97. The van der Waals surface area contributed by atoms with Crippen molar-refractivity contribution in [1.29, 1.82) is 0 Å². The predicted molar refractivity (Wildman–Crippen MR) is 144 cm³/mol. The molecule has 1 aliphatic rings. The molecule has 4 rings (SSSR count). The maximum Gasteiger partial charge on any atom is 0.274 e. The van der Waals surface area contributed by atoms with Crippen LogP contribution in [-0.2, 0) is 11.3 Å². The highest BCUT2D eigenvalue weighted by atomic mass is 19.1. The topological polar surface area (TPSA) is 141 Å². The van der Waals surface area contributed by atoms with Gasteiger partial charge in [-0.25, -0.2) is 17.6 Å². The number of pyridine rings is 1. The van der Waals surface area contributed by atoms with Crippen molar-refractivity contribution in [3.8, 4) is 5.75 Å². The van der Waals surface area contributed by atoms with Gasteiger partial charge in [0.15, 0.2) is 6.86 Å². The van der Waals surface area contributed by atoms with E-state index in [1.807, 2.05) is 0 Å². The highest BCUT2D eigenvalue weighted by molar-refractivity contribution is 5.96. The van der Waals surface area contributed by atoms with E-state index >= 15 is 0 Å². The lowest BCUT2D eigenvalue weighted by molar-refractivity contribution is -0.117. The van der Waals surface area contributed by atoms with Crippen molar-refractivity contribution < 1.29 is 47.2 Å². The van der Waals surface area contributed by atoms with Gasteiger partial charge in [0.1, 0.15) is 28.9 Å². The smallest absolute Gasteiger partial charge is 0.274 e. The Morgan fingerprint density at radius 3 is 2.21 bits per heavy atom. The first-order valence-electron chi connectivity index (χ1n) is 12.5. The van der Waals surface area contributed by atoms with Crippen LogP contribution in [-0.4, -0.2) is 72.0 Å². The van der Waals surface area contributed by atoms with E-state index in [0.29, 0.717) is 5.56 Å². The lowest BCUT2D eigenvalue weighted by Gasteiger charge is -2.19. The monoisotopic (exact) mass is 597 g/mol. The van der Waals surface area contributed by atoms with Crippen LogP contribution in [0.1, 0.15) is 28.3 Å². The molecule has 1 aromatic heterocycles. The number of hydrogen-bond donors (Lipinski definition) is 4. The molecule has 1 fully saturated rings. The molecule has 14 heteroatoms. The van der Waals surface area contributed by atoms with Crippen LogP contribution >= 0.6 is 0 Å². The summed E-state index contributed by atoms with van der Waals surface area (Å²) in [5.74, 6) is -3.32. The van der Waals surface area contributed by atoms with E-state index in [0.717, 1.165) is 12.1 Å². The first-order chi connectivity index (χ1) is 20.0. The third-order valence-electron chi connectivity index (χ3n) is 6.06. The minimum Gasteiger partial charge on any atom is -0.497 e. The van der Waals surface area contributed by atoms with Gasteiger partial charge in [-0.2, -0.15) is 0 Å². The molecule has 1 saturated heterocycles. The molecule has 228 valence electrons. The quantitative estimate of drug-likeness (QED) is 0.306. The van der Waals surface area contributed by atoms with Crippen molar-refractivity contribution in [2.75, 3.05) is 39.1 Å². The average Bonchev–Trinajstić information content (AvgIpc) is 3.34. The van der Waals surface area contributed by atoms with Gasteiger partial charge in [0.2, 0.25) is 5.91 Å². The standard InChI is InChI=1S/C19H20F2N2O5.C8H8FNO.CH3FO/c1-28-13-6-14(20)18(15(21)7-13)11-5-17(26)23(8-11)16-3-2-4-22(19(16)27)9-12(25)10-24;1-10-8(11)6-2-4-7(9)5-3-6;2-1-3/h2-4,6-7,11-12,24-25H,5,8-10H2,1H3;2-5H,1H3,(H,10,11);3H,1H2. The van der Waals surface area contributed by atoms with Crippen molar-refractivity contribution in [2.24, 2.45) is 0 Å². The molecule has 0 bridgehead atoms. The summed E-state index contributed by atoms with van der Waals surface area (Å²) in [7, 11) is 2.83. The van der Waals surface area contributed by atoms with Gasteiger partial charge in [-0.1, -0.05) is 0 Å². The molecule has 0 spiro atoms. The Bertz CT molecular complexity index is 1380. The summed E-state index contributed by atoms with van der Waals surface area (Å²) >= 11 is 0. The number of nitrogens with one attached hydrogen (secondary N) is 1. The lowest BCUT2D eigenvalue weighted by Crippen LogP contribution is -2.35. The fraction of sp³-hybridized carbons (Fsp3) is 0.321. The van der Waals surface area contributed by atoms with E-state index in [-0.39, 0.29) is 48.2 Å². The number of benzene rings is 2. The van der Waals surface area contributed by atoms with Gasteiger partial charge < -0.3 is 34.8 Å². The normalized spacial score (nSPS) is 14.7. The van der Waals surface area contributed by atoms with Crippen LogP contribution in [0.3, 0.4) is 0 Å². The number of amides is 2. The van der Waals surface area contributed by atoms with Crippen molar-refractivity contribution in [1.82, 2.24) is 9.88 Å². The van der Waals surface area contributed by atoms with Crippen molar-refractivity contribution in [3.63, 3.8) is 0 Å². The van der Waals surface area contributed by atoms with Gasteiger partial charge >= 0.3 is 0 Å². The Balaban J connectivity index is 0.000000365. The molecule has 0 aliphatic carbocycles. The van der Waals surface area contributed by atoms with E-state index in [2.05, 4.69) is 5.32 Å². The molecular weight excluding hydrogens is 566 g/mol. The SMILES string of the molecule is CNC(=O)c1ccc(F)cc1.COc1cc(F)c(C2CC(=O)N(c3cccn(CC(O)CO)c3=O)C2)c(F)c1.OCF. The van der Waals surface area contributed by atoms with Crippen LogP contribution in [0.4, 0.5) is 23.2 Å². The summed E-state index contributed by atoms with van der Waals surface area (Å²) in [5, 5.41) is 27.8. The fourth-order valence-corrected chi connectivity index (χ4v) is 4.11. The number of carbonyl (C=O) groups excluding carboxylic acids is 2. The number of alkyl halides is 1. The van der Waals surface area contributed by atoms with Crippen LogP contribution in [0, 0.1) is 17.5 Å². The number of hydrogen-bond acceptors (Lipinski definition) is 7. The zero-order chi connectivity index (χ0) is 31.4. The molecule has 2 heterocycles. The molecule has 2 unspecified atom stereocenters. The van der Waals surface area contributed by atoms with E-state index in [1.165, 1.54) is 66.2 Å².